The summed E-state index contributed by atoms with van der Waals surface area (Å²) in [5.74, 6) is -1.92. The van der Waals surface area contributed by atoms with Crippen molar-refractivity contribution < 1.29 is 19.2 Å². The van der Waals surface area contributed by atoms with Gasteiger partial charge in [0.25, 0.3) is 11.8 Å². The van der Waals surface area contributed by atoms with Crippen LogP contribution in [0.15, 0.2) is 70.5 Å². The molecule has 0 spiro atoms. The van der Waals surface area contributed by atoms with Crippen LogP contribution in [-0.4, -0.2) is 65.6 Å². The van der Waals surface area contributed by atoms with E-state index in [-0.39, 0.29) is 18.7 Å². The van der Waals surface area contributed by atoms with E-state index in [1.807, 2.05) is 17.8 Å². The van der Waals surface area contributed by atoms with Gasteiger partial charge in [-0.15, -0.1) is 0 Å². The third-order valence-electron chi connectivity index (χ3n) is 8.04. The van der Waals surface area contributed by atoms with Crippen molar-refractivity contribution in [3.63, 3.8) is 0 Å². The van der Waals surface area contributed by atoms with Gasteiger partial charge in [0.2, 0.25) is 11.8 Å². The lowest BCUT2D eigenvalue weighted by Crippen LogP contribution is -2.54. The van der Waals surface area contributed by atoms with E-state index in [0.717, 1.165) is 36.6 Å². The molecule has 3 aliphatic rings. The molecule has 8 nitrogen and oxygen atoms in total. The molecule has 2 fully saturated rings. The number of nitrogens with zero attached hydrogens (tertiary/aromatic N) is 3. The van der Waals surface area contributed by atoms with E-state index in [9.17, 15) is 19.2 Å². The van der Waals surface area contributed by atoms with Gasteiger partial charge in [-0.3, -0.25) is 34.3 Å². The number of benzene rings is 3. The second-order valence-corrected chi connectivity index (χ2v) is 12.0. The lowest BCUT2D eigenvalue weighted by Gasteiger charge is -2.37. The van der Waals surface area contributed by atoms with Crippen molar-refractivity contribution in [1.29, 1.82) is 0 Å². The molecule has 0 saturated carbocycles. The topological polar surface area (TPSA) is 90.0 Å². The number of anilines is 1. The van der Waals surface area contributed by atoms with Crippen LogP contribution < -0.4 is 10.2 Å². The number of piperidine rings is 1. The normalized spacial score (nSPS) is 19.5. The number of carbonyl (C=O) groups is 4. The number of amides is 4. The first-order valence-electron chi connectivity index (χ1n) is 13.9. The molecule has 9 heteroatoms. The third kappa shape index (κ3) is 5.39. The van der Waals surface area contributed by atoms with E-state index in [0.29, 0.717) is 17.7 Å². The van der Waals surface area contributed by atoms with Crippen molar-refractivity contribution in [2.75, 3.05) is 31.1 Å². The molecule has 1 unspecified atom stereocenters. The molecule has 0 radical (unpaired) electrons. The van der Waals surface area contributed by atoms with E-state index in [2.05, 4.69) is 71.4 Å². The smallest absolute Gasteiger partial charge is 0.262 e. The van der Waals surface area contributed by atoms with Crippen LogP contribution in [0.2, 0.25) is 0 Å². The zero-order chi connectivity index (χ0) is 28.7. The summed E-state index contributed by atoms with van der Waals surface area (Å²) >= 11 is 1.81. The number of hydrogen-bond acceptors (Lipinski definition) is 7. The van der Waals surface area contributed by atoms with E-state index < -0.39 is 23.8 Å². The summed E-state index contributed by atoms with van der Waals surface area (Å²) in [7, 11) is 0. The Balaban J connectivity index is 1.11. The number of hydrogen-bond donors (Lipinski definition) is 1. The van der Waals surface area contributed by atoms with Crippen LogP contribution in [-0.2, 0) is 16.1 Å². The highest BCUT2D eigenvalue weighted by molar-refractivity contribution is 7.99. The average molecular weight is 569 g/mol. The first kappa shape index (κ1) is 27.2. The summed E-state index contributed by atoms with van der Waals surface area (Å²) in [6.07, 6.45) is 0.259. The van der Waals surface area contributed by atoms with E-state index in [1.165, 1.54) is 26.6 Å². The number of piperazine rings is 1. The van der Waals surface area contributed by atoms with Gasteiger partial charge in [0.05, 0.1) is 16.8 Å². The molecule has 41 heavy (non-hydrogen) atoms. The quantitative estimate of drug-likeness (QED) is 0.447. The summed E-state index contributed by atoms with van der Waals surface area (Å²) in [6, 6.07) is 19.5. The Kier molecular flexibility index (Phi) is 7.40. The van der Waals surface area contributed by atoms with Gasteiger partial charge in [0, 0.05) is 48.9 Å². The van der Waals surface area contributed by atoms with Crippen molar-refractivity contribution in [2.45, 2.75) is 49.1 Å². The summed E-state index contributed by atoms with van der Waals surface area (Å²) in [5, 5.41) is 2.24. The average Bonchev–Trinajstić information content (AvgIpc) is 3.20. The van der Waals surface area contributed by atoms with Gasteiger partial charge in [0.15, 0.2) is 0 Å². The molecule has 0 aromatic heterocycles. The molecule has 4 amide bonds. The van der Waals surface area contributed by atoms with Crippen LogP contribution in [0, 0.1) is 13.8 Å². The molecule has 3 aromatic rings. The Morgan fingerprint density at radius 3 is 2.34 bits per heavy atom. The number of para-hydroxylation sites is 1. The number of nitrogens with one attached hydrogen (secondary N) is 1. The molecule has 3 aliphatic heterocycles. The van der Waals surface area contributed by atoms with Gasteiger partial charge in [-0.1, -0.05) is 47.7 Å². The van der Waals surface area contributed by atoms with Gasteiger partial charge in [-0.25, -0.2) is 0 Å². The van der Waals surface area contributed by atoms with Crippen molar-refractivity contribution in [2.24, 2.45) is 0 Å². The Labute approximate surface area is 243 Å². The molecule has 0 aliphatic carbocycles. The summed E-state index contributed by atoms with van der Waals surface area (Å²) in [5.41, 5.74) is 5.38. The van der Waals surface area contributed by atoms with Crippen LogP contribution in [0.5, 0.6) is 0 Å². The Hall–Kier alpha value is -3.95. The molecule has 3 aromatic carbocycles. The monoisotopic (exact) mass is 568 g/mol. The van der Waals surface area contributed by atoms with Crippen LogP contribution in [0.25, 0.3) is 0 Å². The minimum Gasteiger partial charge on any atom is -0.368 e. The molecule has 0 bridgehead atoms. The molecular formula is C32H32N4O4S. The summed E-state index contributed by atoms with van der Waals surface area (Å²) in [6.45, 7) is 8.45. The first-order valence-corrected chi connectivity index (χ1v) is 14.8. The van der Waals surface area contributed by atoms with Crippen molar-refractivity contribution >= 4 is 41.1 Å². The lowest BCUT2D eigenvalue weighted by atomic mass is 10.0. The SMILES string of the molecule is Cc1ccc(Sc2ccccc2N2CCN(Cc3ccc4c(c3)C(=O)N(C3CCC(=O)NC3=O)C4=O)CC2)c(C)c1. The van der Waals surface area contributed by atoms with Gasteiger partial charge in [-0.2, -0.15) is 0 Å². The summed E-state index contributed by atoms with van der Waals surface area (Å²) < 4.78 is 0. The minimum atomic E-state index is -0.951. The van der Waals surface area contributed by atoms with Gasteiger partial charge < -0.3 is 4.90 Å². The number of imide groups is 2. The molecule has 6 rings (SSSR count). The maximum absolute atomic E-state index is 13.2. The zero-order valence-electron chi connectivity index (χ0n) is 23.2. The second kappa shape index (κ2) is 11.1. The predicted molar refractivity (Wildman–Crippen MR) is 157 cm³/mol. The van der Waals surface area contributed by atoms with Crippen molar-refractivity contribution in [1.82, 2.24) is 15.1 Å². The fraction of sp³-hybridized carbons (Fsp3) is 0.312. The number of carbonyl (C=O) groups excluding carboxylic acids is 4. The maximum atomic E-state index is 13.2. The molecule has 210 valence electrons. The van der Waals surface area contributed by atoms with Crippen molar-refractivity contribution in [3.05, 3.63) is 88.5 Å². The largest absolute Gasteiger partial charge is 0.368 e. The molecule has 1 atom stereocenters. The zero-order valence-corrected chi connectivity index (χ0v) is 24.0. The fourth-order valence-corrected chi connectivity index (χ4v) is 6.90. The van der Waals surface area contributed by atoms with Crippen LogP contribution >= 0.6 is 11.8 Å². The Morgan fingerprint density at radius 1 is 0.829 bits per heavy atom. The van der Waals surface area contributed by atoms with E-state index in [4.69, 9.17) is 0 Å². The number of aryl methyl sites for hydroxylation is 2. The third-order valence-corrected chi connectivity index (χ3v) is 9.28. The lowest BCUT2D eigenvalue weighted by molar-refractivity contribution is -0.136. The maximum Gasteiger partial charge on any atom is 0.262 e. The van der Waals surface area contributed by atoms with Gasteiger partial charge >= 0.3 is 0 Å². The van der Waals surface area contributed by atoms with Crippen LogP contribution in [0.3, 0.4) is 0 Å². The van der Waals surface area contributed by atoms with E-state index in [1.54, 1.807) is 12.1 Å². The minimum absolute atomic E-state index is 0.107. The van der Waals surface area contributed by atoms with Gasteiger partial charge in [-0.05, 0) is 61.7 Å². The highest BCUT2D eigenvalue weighted by Gasteiger charge is 2.44. The second-order valence-electron chi connectivity index (χ2n) is 10.9. The van der Waals surface area contributed by atoms with Crippen molar-refractivity contribution in [3.8, 4) is 0 Å². The predicted octanol–water partition coefficient (Wildman–Crippen LogP) is 4.18. The number of fused-ring (bicyclic) bond motifs is 1. The van der Waals surface area contributed by atoms with E-state index >= 15 is 0 Å². The molecule has 3 heterocycles. The number of rotatable bonds is 6. The first-order chi connectivity index (χ1) is 19.8. The molecule has 2 saturated heterocycles. The Morgan fingerprint density at radius 2 is 1.59 bits per heavy atom. The van der Waals surface area contributed by atoms with Gasteiger partial charge in [0.1, 0.15) is 6.04 Å². The molecular weight excluding hydrogens is 536 g/mol. The highest BCUT2D eigenvalue weighted by atomic mass is 32.2. The Bertz CT molecular complexity index is 1560. The fourth-order valence-electron chi connectivity index (χ4n) is 5.86. The van der Waals surface area contributed by atoms with Crippen LogP contribution in [0.1, 0.15) is 50.2 Å². The van der Waals surface area contributed by atoms with Crippen LogP contribution in [0.4, 0.5) is 5.69 Å². The standard InChI is InChI=1S/C32H32N4O4S/c1-20-7-11-27(21(2)17-20)41-28-6-4-3-5-25(28)35-15-13-34(14-16-35)19-22-8-9-23-24(18-22)32(40)36(31(23)39)26-10-12-29(37)33-30(26)38/h3-9,11,17-18,26H,10,12-16,19H2,1-2H3,(H,33,37,38). The summed E-state index contributed by atoms with van der Waals surface area (Å²) in [4.78, 5) is 58.4. The highest BCUT2D eigenvalue weighted by Crippen LogP contribution is 2.37. The molecule has 1 N–H and O–H groups in total.